The molecule has 1 fully saturated rings. The van der Waals surface area contributed by atoms with E-state index in [0.29, 0.717) is 5.92 Å². The zero-order valence-corrected chi connectivity index (χ0v) is 12.9. The van der Waals surface area contributed by atoms with Crippen molar-refractivity contribution in [3.8, 4) is 0 Å². The van der Waals surface area contributed by atoms with Crippen molar-refractivity contribution in [1.82, 2.24) is 9.97 Å². The fourth-order valence-corrected chi connectivity index (χ4v) is 2.56. The van der Waals surface area contributed by atoms with Gasteiger partial charge in [-0.2, -0.15) is 0 Å². The van der Waals surface area contributed by atoms with Crippen molar-refractivity contribution < 1.29 is 4.79 Å². The zero-order valence-electron chi connectivity index (χ0n) is 12.9. The number of aryl methyl sites for hydroxylation is 1. The first kappa shape index (κ1) is 14.5. The first-order valence-corrected chi connectivity index (χ1v) is 7.60. The number of hydrogen-bond donors (Lipinski definition) is 2. The molecule has 22 heavy (non-hydrogen) atoms. The summed E-state index contributed by atoms with van der Waals surface area (Å²) in [6, 6.07) is 9.62. The lowest BCUT2D eigenvalue weighted by atomic mass is 9.83. The van der Waals surface area contributed by atoms with E-state index in [1.807, 2.05) is 37.3 Å². The summed E-state index contributed by atoms with van der Waals surface area (Å²) in [5.41, 5.74) is 2.86. The Morgan fingerprint density at radius 1 is 1.14 bits per heavy atom. The van der Waals surface area contributed by atoms with Crippen LogP contribution < -0.4 is 10.6 Å². The lowest BCUT2D eigenvalue weighted by Gasteiger charge is -2.25. The smallest absolute Gasteiger partial charge is 0.221 e. The minimum absolute atomic E-state index is 0.0720. The molecule has 0 saturated heterocycles. The SMILES string of the molecule is CC(=O)Nc1ccc(Nc2cc(C3CCC3)nc(C)n2)cc1. The van der Waals surface area contributed by atoms with Crippen molar-refractivity contribution in [2.75, 3.05) is 10.6 Å². The summed E-state index contributed by atoms with van der Waals surface area (Å²) >= 11 is 0. The molecule has 0 unspecified atom stereocenters. The molecule has 114 valence electrons. The summed E-state index contributed by atoms with van der Waals surface area (Å²) in [5.74, 6) is 2.13. The number of hydrogen-bond acceptors (Lipinski definition) is 4. The average molecular weight is 296 g/mol. The van der Waals surface area contributed by atoms with E-state index >= 15 is 0 Å². The molecular formula is C17H20N4O. The van der Waals surface area contributed by atoms with Crippen LogP contribution in [0.25, 0.3) is 0 Å². The number of aromatic nitrogens is 2. The third-order valence-electron chi connectivity index (χ3n) is 3.86. The molecule has 0 bridgehead atoms. The molecule has 5 heteroatoms. The van der Waals surface area contributed by atoms with E-state index in [1.54, 1.807) is 0 Å². The molecule has 0 spiro atoms. The maximum absolute atomic E-state index is 11.0. The van der Waals surface area contributed by atoms with E-state index in [2.05, 4.69) is 20.6 Å². The van der Waals surface area contributed by atoms with Crippen molar-refractivity contribution in [3.63, 3.8) is 0 Å². The normalized spacial score (nSPS) is 14.3. The van der Waals surface area contributed by atoms with Crippen LogP contribution in [0, 0.1) is 6.92 Å². The van der Waals surface area contributed by atoms with Gasteiger partial charge in [-0.1, -0.05) is 6.42 Å². The number of rotatable bonds is 4. The maximum atomic E-state index is 11.0. The highest BCUT2D eigenvalue weighted by atomic mass is 16.1. The number of carbonyl (C=O) groups is 1. The van der Waals surface area contributed by atoms with E-state index in [1.165, 1.54) is 26.2 Å². The second-order valence-corrected chi connectivity index (χ2v) is 5.74. The van der Waals surface area contributed by atoms with Crippen molar-refractivity contribution >= 4 is 23.1 Å². The number of benzene rings is 1. The lowest BCUT2D eigenvalue weighted by Crippen LogP contribution is -2.12. The molecule has 0 aliphatic heterocycles. The van der Waals surface area contributed by atoms with E-state index in [4.69, 9.17) is 0 Å². The average Bonchev–Trinajstić information content (AvgIpc) is 2.38. The number of anilines is 3. The van der Waals surface area contributed by atoms with Gasteiger partial charge in [-0.05, 0) is 44.0 Å². The van der Waals surface area contributed by atoms with Crippen LogP contribution in [0.3, 0.4) is 0 Å². The molecule has 5 nitrogen and oxygen atoms in total. The number of amides is 1. The van der Waals surface area contributed by atoms with Gasteiger partial charge in [-0.25, -0.2) is 9.97 Å². The summed E-state index contributed by atoms with van der Waals surface area (Å²) in [6.07, 6.45) is 3.74. The zero-order chi connectivity index (χ0) is 15.5. The topological polar surface area (TPSA) is 66.9 Å². The Morgan fingerprint density at radius 2 is 1.82 bits per heavy atom. The molecule has 1 saturated carbocycles. The molecule has 1 aromatic carbocycles. The predicted octanol–water partition coefficient (Wildman–Crippen LogP) is 3.75. The molecule has 0 radical (unpaired) electrons. The summed E-state index contributed by atoms with van der Waals surface area (Å²) in [4.78, 5) is 20.0. The number of carbonyl (C=O) groups excluding carboxylic acids is 1. The van der Waals surface area contributed by atoms with Crippen LogP contribution in [0.2, 0.25) is 0 Å². The maximum Gasteiger partial charge on any atom is 0.221 e. The summed E-state index contributed by atoms with van der Waals surface area (Å²) in [7, 11) is 0. The fourth-order valence-electron chi connectivity index (χ4n) is 2.56. The van der Waals surface area contributed by atoms with Crippen LogP contribution >= 0.6 is 0 Å². The number of nitrogens with one attached hydrogen (secondary N) is 2. The minimum atomic E-state index is -0.0720. The van der Waals surface area contributed by atoms with Gasteiger partial charge in [0.05, 0.1) is 0 Å². The fraction of sp³-hybridized carbons (Fsp3) is 0.353. The monoisotopic (exact) mass is 296 g/mol. The van der Waals surface area contributed by atoms with Gasteiger partial charge in [-0.3, -0.25) is 4.79 Å². The minimum Gasteiger partial charge on any atom is -0.340 e. The van der Waals surface area contributed by atoms with Gasteiger partial charge in [0.25, 0.3) is 0 Å². The van der Waals surface area contributed by atoms with E-state index < -0.39 is 0 Å². The van der Waals surface area contributed by atoms with Crippen molar-refractivity contribution in [2.45, 2.75) is 39.0 Å². The third kappa shape index (κ3) is 3.42. The van der Waals surface area contributed by atoms with E-state index in [9.17, 15) is 4.79 Å². The molecule has 1 heterocycles. The van der Waals surface area contributed by atoms with Crippen LogP contribution in [-0.4, -0.2) is 15.9 Å². The highest BCUT2D eigenvalue weighted by Gasteiger charge is 2.21. The second kappa shape index (κ2) is 6.13. The first-order valence-electron chi connectivity index (χ1n) is 7.60. The highest BCUT2D eigenvalue weighted by Crippen LogP contribution is 2.36. The van der Waals surface area contributed by atoms with Gasteiger partial charge in [0.15, 0.2) is 0 Å². The second-order valence-electron chi connectivity index (χ2n) is 5.74. The molecule has 1 amide bonds. The number of nitrogens with zero attached hydrogens (tertiary/aromatic N) is 2. The van der Waals surface area contributed by atoms with Gasteiger partial charge in [0.1, 0.15) is 11.6 Å². The van der Waals surface area contributed by atoms with Gasteiger partial charge < -0.3 is 10.6 Å². The quantitative estimate of drug-likeness (QED) is 0.901. The van der Waals surface area contributed by atoms with Crippen LogP contribution in [0.4, 0.5) is 17.2 Å². The van der Waals surface area contributed by atoms with Crippen molar-refractivity contribution in [1.29, 1.82) is 0 Å². The Kier molecular flexibility index (Phi) is 4.04. The van der Waals surface area contributed by atoms with Crippen LogP contribution in [-0.2, 0) is 4.79 Å². The van der Waals surface area contributed by atoms with Crippen LogP contribution in [0.15, 0.2) is 30.3 Å². The molecule has 2 N–H and O–H groups in total. The molecule has 1 aromatic heterocycles. The van der Waals surface area contributed by atoms with Gasteiger partial charge >= 0.3 is 0 Å². The Labute approximate surface area is 130 Å². The Morgan fingerprint density at radius 3 is 2.41 bits per heavy atom. The molecule has 1 aliphatic rings. The highest BCUT2D eigenvalue weighted by molar-refractivity contribution is 5.88. The molecule has 0 atom stereocenters. The Bertz CT molecular complexity index is 678. The van der Waals surface area contributed by atoms with E-state index in [0.717, 1.165) is 28.7 Å². The Hall–Kier alpha value is -2.43. The van der Waals surface area contributed by atoms with Gasteiger partial charge in [0, 0.05) is 36.0 Å². The van der Waals surface area contributed by atoms with Crippen molar-refractivity contribution in [3.05, 3.63) is 41.9 Å². The summed E-state index contributed by atoms with van der Waals surface area (Å²) < 4.78 is 0. The molecular weight excluding hydrogens is 276 g/mol. The van der Waals surface area contributed by atoms with Gasteiger partial charge in [-0.15, -0.1) is 0 Å². The first-order chi connectivity index (χ1) is 10.6. The third-order valence-corrected chi connectivity index (χ3v) is 3.86. The van der Waals surface area contributed by atoms with Crippen LogP contribution in [0.5, 0.6) is 0 Å². The lowest BCUT2D eigenvalue weighted by molar-refractivity contribution is -0.114. The predicted molar refractivity (Wildman–Crippen MR) is 87.4 cm³/mol. The Balaban J connectivity index is 1.74. The van der Waals surface area contributed by atoms with E-state index in [-0.39, 0.29) is 5.91 Å². The standard InChI is InChI=1S/C17H20N4O/c1-11-18-16(13-4-3-5-13)10-17(19-11)21-15-8-6-14(7-9-15)20-12(2)22/h6-10,13H,3-5H2,1-2H3,(H,20,22)(H,18,19,21). The van der Waals surface area contributed by atoms with Crippen molar-refractivity contribution in [2.24, 2.45) is 0 Å². The molecule has 1 aliphatic carbocycles. The largest absolute Gasteiger partial charge is 0.340 e. The summed E-state index contributed by atoms with van der Waals surface area (Å²) in [5, 5.41) is 6.06. The molecule has 2 aromatic rings. The van der Waals surface area contributed by atoms with Crippen LogP contribution in [0.1, 0.15) is 43.6 Å². The van der Waals surface area contributed by atoms with Gasteiger partial charge in [0.2, 0.25) is 5.91 Å². The molecule has 3 rings (SSSR count). The summed E-state index contributed by atoms with van der Waals surface area (Å²) in [6.45, 7) is 3.42.